The van der Waals surface area contributed by atoms with E-state index < -0.39 is 0 Å². The molecule has 0 saturated carbocycles. The topological polar surface area (TPSA) is 26.3 Å². The number of halogens is 1. The maximum Gasteiger partial charge on any atom is 0.330 e. The van der Waals surface area contributed by atoms with Crippen LogP contribution in [0.25, 0.3) is 54.6 Å². The van der Waals surface area contributed by atoms with Crippen molar-refractivity contribution in [3.8, 4) is 22.3 Å². The molecule has 7 rings (SSSR count). The highest BCUT2D eigenvalue weighted by atomic mass is 79.9. The van der Waals surface area contributed by atoms with Gasteiger partial charge in [-0.05, 0) is 120 Å². The van der Waals surface area contributed by atoms with E-state index in [1.165, 1.54) is 82.9 Å². The molecule has 1 atom stereocenters. The molecule has 50 heavy (non-hydrogen) atoms. The van der Waals surface area contributed by atoms with Crippen molar-refractivity contribution in [3.05, 3.63) is 130 Å². The van der Waals surface area contributed by atoms with Crippen molar-refractivity contribution >= 4 is 54.2 Å². The van der Waals surface area contributed by atoms with E-state index >= 15 is 0 Å². The van der Waals surface area contributed by atoms with E-state index in [1.807, 2.05) is 0 Å². The molecule has 0 saturated heterocycles. The Hall–Kier alpha value is -4.21. The van der Waals surface area contributed by atoms with Gasteiger partial charge >= 0.3 is 5.97 Å². The van der Waals surface area contributed by atoms with Crippen LogP contribution in [0.3, 0.4) is 0 Å². The van der Waals surface area contributed by atoms with Crippen LogP contribution in [0.5, 0.6) is 0 Å². The van der Waals surface area contributed by atoms with Crippen LogP contribution in [0, 0.1) is 0 Å². The highest BCUT2D eigenvalue weighted by Gasteiger charge is 2.45. The highest BCUT2D eigenvalue weighted by molar-refractivity contribution is 9.10. The lowest BCUT2D eigenvalue weighted by molar-refractivity contribution is -0.137. The van der Waals surface area contributed by atoms with Crippen LogP contribution in [-0.2, 0) is 25.8 Å². The third-order valence-corrected chi connectivity index (χ3v) is 11.7. The van der Waals surface area contributed by atoms with Gasteiger partial charge in [0.25, 0.3) is 0 Å². The molecule has 0 fully saturated rings. The van der Waals surface area contributed by atoms with E-state index in [9.17, 15) is 4.79 Å². The largest absolute Gasteiger partial charge is 0.463 e. The molecule has 3 heteroatoms. The Bertz CT molecular complexity index is 2330. The monoisotopic (exact) mass is 722 g/mol. The average Bonchev–Trinajstić information content (AvgIpc) is 3.36. The van der Waals surface area contributed by atoms with Crippen molar-refractivity contribution in [2.24, 2.45) is 0 Å². The summed E-state index contributed by atoms with van der Waals surface area (Å²) in [6, 6.07) is 30.4. The molecule has 1 aliphatic carbocycles. The first-order chi connectivity index (χ1) is 23.6. The van der Waals surface area contributed by atoms with Crippen molar-refractivity contribution in [2.45, 2.75) is 84.0 Å². The van der Waals surface area contributed by atoms with Crippen molar-refractivity contribution < 1.29 is 9.53 Å². The van der Waals surface area contributed by atoms with Crippen molar-refractivity contribution in [1.82, 2.24) is 0 Å². The van der Waals surface area contributed by atoms with E-state index in [-0.39, 0.29) is 22.2 Å². The Morgan fingerprint density at radius 3 is 2.04 bits per heavy atom. The standard InChI is InChI=1S/C47H47BrO2/c1-10-41(49)50-22-12-11-21-47(28(2)3)38-25-30(16-20-37(38)44-39(47)26-34(27-40(44)48)46(7,8)9)35-18-15-29-13-14-31-23-33(45(4,5)6)24-32-17-19-36(35)43(29)42(31)32/h10,13-20,23-27H,1-2,11-12,21-22H2,3-9H3. The van der Waals surface area contributed by atoms with Crippen LogP contribution in [0.4, 0.5) is 0 Å². The first-order valence-electron chi connectivity index (χ1n) is 17.8. The zero-order chi connectivity index (χ0) is 35.7. The molecule has 2 nitrogen and oxygen atoms in total. The normalized spacial score (nSPS) is 15.8. The van der Waals surface area contributed by atoms with Gasteiger partial charge in [-0.1, -0.05) is 143 Å². The number of carbonyl (C=O) groups excluding carboxylic acids is 1. The Balaban J connectivity index is 1.42. The number of ether oxygens (including phenoxy) is 1. The summed E-state index contributed by atoms with van der Waals surface area (Å²) < 4.78 is 6.49. The summed E-state index contributed by atoms with van der Waals surface area (Å²) in [5.74, 6) is -0.373. The second-order valence-corrected chi connectivity index (χ2v) is 17.2. The van der Waals surface area contributed by atoms with Crippen LogP contribution < -0.4 is 0 Å². The first-order valence-corrected chi connectivity index (χ1v) is 18.6. The number of fused-ring (bicyclic) bond motifs is 3. The lowest BCUT2D eigenvalue weighted by atomic mass is 9.68. The maximum absolute atomic E-state index is 11.8. The lowest BCUT2D eigenvalue weighted by Crippen LogP contribution is -2.27. The van der Waals surface area contributed by atoms with E-state index in [0.717, 1.165) is 29.3 Å². The van der Waals surface area contributed by atoms with Crippen molar-refractivity contribution in [1.29, 1.82) is 0 Å². The predicted molar refractivity (Wildman–Crippen MR) is 217 cm³/mol. The maximum atomic E-state index is 11.8. The van der Waals surface area contributed by atoms with Crippen molar-refractivity contribution in [2.75, 3.05) is 6.61 Å². The van der Waals surface area contributed by atoms with E-state index in [1.54, 1.807) is 0 Å². The number of esters is 1. The third kappa shape index (κ3) is 5.50. The number of hydrogen-bond acceptors (Lipinski definition) is 2. The van der Waals surface area contributed by atoms with Gasteiger partial charge in [0, 0.05) is 21.5 Å². The number of benzene rings is 6. The molecule has 0 bridgehead atoms. The van der Waals surface area contributed by atoms with Gasteiger partial charge in [-0.2, -0.15) is 0 Å². The summed E-state index contributed by atoms with van der Waals surface area (Å²) in [6.45, 7) is 24.5. The first kappa shape index (κ1) is 34.2. The molecule has 6 aromatic carbocycles. The second-order valence-electron chi connectivity index (χ2n) is 16.3. The SMILES string of the molecule is C=CC(=O)OCCCCC1(C(=C)C)c2cc(-c3ccc4ccc5cc(C(C)(C)C)cc6ccc3c4c56)ccc2-c2c(Br)cc(C(C)(C)C)cc21. The van der Waals surface area contributed by atoms with Crippen LogP contribution >= 0.6 is 15.9 Å². The average molecular weight is 724 g/mol. The summed E-state index contributed by atoms with van der Waals surface area (Å²) in [7, 11) is 0. The fraction of sp³-hybridized carbons (Fsp3) is 0.298. The number of rotatable bonds is 8. The summed E-state index contributed by atoms with van der Waals surface area (Å²) in [5.41, 5.74) is 11.0. The number of allylic oxidation sites excluding steroid dienone is 1. The molecule has 0 radical (unpaired) electrons. The molecule has 1 aliphatic rings. The van der Waals surface area contributed by atoms with Crippen molar-refractivity contribution in [3.63, 3.8) is 0 Å². The smallest absolute Gasteiger partial charge is 0.330 e. The second kappa shape index (κ2) is 12.2. The number of unbranched alkanes of at least 4 members (excludes halogenated alkanes) is 1. The molecule has 0 N–H and O–H groups in total. The minimum atomic E-state index is -0.389. The number of hydrogen-bond donors (Lipinski definition) is 0. The Morgan fingerprint density at radius 1 is 0.760 bits per heavy atom. The molecule has 0 spiro atoms. The molecular weight excluding hydrogens is 676 g/mol. The zero-order valence-electron chi connectivity index (χ0n) is 30.5. The minimum Gasteiger partial charge on any atom is -0.463 e. The van der Waals surface area contributed by atoms with Gasteiger partial charge in [-0.3, -0.25) is 0 Å². The van der Waals surface area contributed by atoms with E-state index in [2.05, 4.69) is 156 Å². The minimum absolute atomic E-state index is 0.0213. The van der Waals surface area contributed by atoms with Gasteiger partial charge in [0.2, 0.25) is 0 Å². The molecule has 1 unspecified atom stereocenters. The molecule has 6 aromatic rings. The fourth-order valence-electron chi connectivity index (χ4n) is 8.25. The van der Waals surface area contributed by atoms with Crippen LogP contribution in [0.2, 0.25) is 0 Å². The van der Waals surface area contributed by atoms with E-state index in [0.29, 0.717) is 6.61 Å². The van der Waals surface area contributed by atoms with Crippen LogP contribution in [-0.4, -0.2) is 12.6 Å². The molecule has 0 heterocycles. The fourth-order valence-corrected chi connectivity index (χ4v) is 8.92. The van der Waals surface area contributed by atoms with Gasteiger partial charge in [-0.15, -0.1) is 0 Å². The summed E-state index contributed by atoms with van der Waals surface area (Å²) >= 11 is 4.03. The van der Waals surface area contributed by atoms with Gasteiger partial charge < -0.3 is 4.74 Å². The molecular formula is C47H47BrO2. The number of carbonyl (C=O) groups is 1. The van der Waals surface area contributed by atoms with Crippen LogP contribution in [0.1, 0.15) is 90.0 Å². The summed E-state index contributed by atoms with van der Waals surface area (Å²) in [4.78, 5) is 11.8. The van der Waals surface area contributed by atoms with Gasteiger partial charge in [-0.25, -0.2) is 4.79 Å². The van der Waals surface area contributed by atoms with Gasteiger partial charge in [0.05, 0.1) is 6.61 Å². The molecule has 0 aromatic heterocycles. The molecule has 0 amide bonds. The zero-order valence-corrected chi connectivity index (χ0v) is 32.1. The van der Waals surface area contributed by atoms with Gasteiger partial charge in [0.15, 0.2) is 0 Å². The van der Waals surface area contributed by atoms with Crippen LogP contribution in [0.15, 0.2) is 108 Å². The molecule has 254 valence electrons. The summed E-state index contributed by atoms with van der Waals surface area (Å²) in [6.07, 6.45) is 3.75. The summed E-state index contributed by atoms with van der Waals surface area (Å²) in [5, 5.41) is 7.82. The van der Waals surface area contributed by atoms with E-state index in [4.69, 9.17) is 4.74 Å². The highest BCUT2D eigenvalue weighted by Crippen LogP contribution is 2.58. The third-order valence-electron chi connectivity index (χ3n) is 11.0. The Morgan fingerprint density at radius 2 is 1.38 bits per heavy atom. The predicted octanol–water partition coefficient (Wildman–Crippen LogP) is 13.4. The quantitative estimate of drug-likeness (QED) is 0.0514. The lowest BCUT2D eigenvalue weighted by Gasteiger charge is -2.34. The van der Waals surface area contributed by atoms with Gasteiger partial charge in [0.1, 0.15) is 0 Å². The Kier molecular flexibility index (Phi) is 8.38. The molecule has 0 aliphatic heterocycles. The Labute approximate surface area is 305 Å².